The lowest BCUT2D eigenvalue weighted by Gasteiger charge is -2.27. The van der Waals surface area contributed by atoms with Crippen molar-refractivity contribution in [3.8, 4) is 0 Å². The molecule has 2 rings (SSSR count). The van der Waals surface area contributed by atoms with Gasteiger partial charge in [0, 0.05) is 25.4 Å². The average Bonchev–Trinajstić information content (AvgIpc) is 2.83. The summed E-state index contributed by atoms with van der Waals surface area (Å²) in [4.78, 5) is 4.48. The van der Waals surface area contributed by atoms with Gasteiger partial charge in [-0.05, 0) is 50.8 Å². The highest BCUT2D eigenvalue weighted by atomic mass is 32.1. The maximum Gasteiger partial charge on any atom is 0.0809 e. The lowest BCUT2D eigenvalue weighted by atomic mass is 10.1. The van der Waals surface area contributed by atoms with Crippen molar-refractivity contribution in [2.24, 2.45) is 0 Å². The minimum atomic E-state index is -0.135. The topological polar surface area (TPSA) is 34.1 Å². The molecule has 2 aromatic heterocycles. The van der Waals surface area contributed by atoms with Gasteiger partial charge in [0.25, 0.3) is 0 Å². The van der Waals surface area contributed by atoms with Crippen LogP contribution in [0, 0.1) is 0 Å². The molecule has 0 aliphatic carbocycles. The molecule has 19 heavy (non-hydrogen) atoms. The van der Waals surface area contributed by atoms with Crippen molar-refractivity contribution in [3.63, 3.8) is 0 Å². The first-order chi connectivity index (χ1) is 9.02. The number of nitrogens with zero attached hydrogens (tertiary/aromatic N) is 1. The minimum Gasteiger partial charge on any atom is -0.375 e. The Bertz CT molecular complexity index is 536. The maximum absolute atomic E-state index is 5.70. The summed E-state index contributed by atoms with van der Waals surface area (Å²) >= 11 is 1.74. The van der Waals surface area contributed by atoms with E-state index in [9.17, 15) is 0 Å². The summed E-state index contributed by atoms with van der Waals surface area (Å²) in [6.45, 7) is 9.97. The smallest absolute Gasteiger partial charge is 0.0809 e. The quantitative estimate of drug-likeness (QED) is 0.873. The Kier molecular flexibility index (Phi) is 4.55. The monoisotopic (exact) mass is 278 g/mol. The Labute approximate surface area is 119 Å². The maximum atomic E-state index is 5.70. The first kappa shape index (κ1) is 14.4. The molecule has 2 aromatic rings. The Morgan fingerprint density at radius 1 is 1.47 bits per heavy atom. The second-order valence-corrected chi connectivity index (χ2v) is 6.32. The number of rotatable bonds is 6. The van der Waals surface area contributed by atoms with Gasteiger partial charge in [-0.1, -0.05) is 0 Å². The zero-order valence-corrected chi connectivity index (χ0v) is 12.9. The highest BCUT2D eigenvalue weighted by Gasteiger charge is 2.18. The SMILES string of the molecule is CCOC(C)(C)CNC(C)c1cnc2ccsc2c1. The number of hydrogen-bond acceptors (Lipinski definition) is 4. The molecule has 0 fully saturated rings. The zero-order chi connectivity index (χ0) is 13.9. The van der Waals surface area contributed by atoms with Gasteiger partial charge in [0.15, 0.2) is 0 Å². The molecule has 0 saturated heterocycles. The van der Waals surface area contributed by atoms with Gasteiger partial charge in [0.05, 0.1) is 15.8 Å². The van der Waals surface area contributed by atoms with Crippen molar-refractivity contribution >= 4 is 21.6 Å². The molecule has 1 atom stereocenters. The summed E-state index contributed by atoms with van der Waals surface area (Å²) in [6, 6.07) is 4.55. The van der Waals surface area contributed by atoms with Gasteiger partial charge in [0.1, 0.15) is 0 Å². The number of hydrogen-bond donors (Lipinski definition) is 1. The van der Waals surface area contributed by atoms with E-state index in [1.165, 1.54) is 10.3 Å². The van der Waals surface area contributed by atoms with Crippen molar-refractivity contribution in [1.29, 1.82) is 0 Å². The van der Waals surface area contributed by atoms with Crippen molar-refractivity contribution < 1.29 is 4.74 Å². The normalized spacial score (nSPS) is 13.9. The Hall–Kier alpha value is -0.970. The van der Waals surface area contributed by atoms with Crippen LogP contribution in [0.25, 0.3) is 10.2 Å². The summed E-state index contributed by atoms with van der Waals surface area (Å²) in [5.41, 5.74) is 2.17. The fourth-order valence-electron chi connectivity index (χ4n) is 2.06. The molecule has 104 valence electrons. The first-order valence-electron chi connectivity index (χ1n) is 6.72. The largest absolute Gasteiger partial charge is 0.375 e. The average molecular weight is 278 g/mol. The Morgan fingerprint density at radius 2 is 2.26 bits per heavy atom. The van der Waals surface area contributed by atoms with E-state index in [-0.39, 0.29) is 11.6 Å². The Balaban J connectivity index is 2.01. The molecule has 0 aromatic carbocycles. The van der Waals surface area contributed by atoms with Crippen molar-refractivity contribution in [1.82, 2.24) is 10.3 Å². The molecule has 0 aliphatic heterocycles. The number of fused-ring (bicyclic) bond motifs is 1. The number of thiophene rings is 1. The van der Waals surface area contributed by atoms with Gasteiger partial charge in [-0.3, -0.25) is 4.98 Å². The van der Waals surface area contributed by atoms with Crippen LogP contribution in [0.2, 0.25) is 0 Å². The highest BCUT2D eigenvalue weighted by Crippen LogP contribution is 2.23. The van der Waals surface area contributed by atoms with Crippen LogP contribution < -0.4 is 5.32 Å². The van der Waals surface area contributed by atoms with Crippen LogP contribution in [0.5, 0.6) is 0 Å². The van der Waals surface area contributed by atoms with E-state index in [1.807, 2.05) is 13.1 Å². The molecule has 3 nitrogen and oxygen atoms in total. The molecule has 0 amide bonds. The number of aromatic nitrogens is 1. The molecule has 1 unspecified atom stereocenters. The van der Waals surface area contributed by atoms with Crippen LogP contribution in [0.15, 0.2) is 23.7 Å². The molecule has 0 bridgehead atoms. The van der Waals surface area contributed by atoms with Gasteiger partial charge in [-0.15, -0.1) is 11.3 Å². The van der Waals surface area contributed by atoms with Gasteiger partial charge >= 0.3 is 0 Å². The molecule has 4 heteroatoms. The Morgan fingerprint density at radius 3 is 3.00 bits per heavy atom. The summed E-state index contributed by atoms with van der Waals surface area (Å²) in [5.74, 6) is 0. The third-order valence-corrected chi connectivity index (χ3v) is 4.05. The fraction of sp³-hybridized carbons (Fsp3) is 0.533. The predicted molar refractivity (Wildman–Crippen MR) is 81.7 cm³/mol. The fourth-order valence-corrected chi connectivity index (χ4v) is 2.85. The van der Waals surface area contributed by atoms with Crippen LogP contribution in [0.4, 0.5) is 0 Å². The van der Waals surface area contributed by atoms with Crippen LogP contribution in [0.1, 0.15) is 39.3 Å². The summed E-state index contributed by atoms with van der Waals surface area (Å²) in [7, 11) is 0. The zero-order valence-electron chi connectivity index (χ0n) is 12.1. The summed E-state index contributed by atoms with van der Waals surface area (Å²) in [6.07, 6.45) is 1.96. The van der Waals surface area contributed by atoms with Gasteiger partial charge in [0.2, 0.25) is 0 Å². The van der Waals surface area contributed by atoms with Crippen LogP contribution in [-0.4, -0.2) is 23.7 Å². The van der Waals surface area contributed by atoms with Crippen LogP contribution >= 0.6 is 11.3 Å². The molecular formula is C15H22N2OS. The number of nitrogens with one attached hydrogen (secondary N) is 1. The van der Waals surface area contributed by atoms with Gasteiger partial charge in [-0.2, -0.15) is 0 Å². The third-order valence-electron chi connectivity index (χ3n) is 3.19. The number of ether oxygens (including phenoxy) is 1. The van der Waals surface area contributed by atoms with E-state index in [2.05, 4.69) is 48.6 Å². The van der Waals surface area contributed by atoms with Crippen molar-refractivity contribution in [3.05, 3.63) is 29.3 Å². The van der Waals surface area contributed by atoms with E-state index >= 15 is 0 Å². The summed E-state index contributed by atoms with van der Waals surface area (Å²) in [5, 5.41) is 5.60. The molecule has 0 spiro atoms. The van der Waals surface area contributed by atoms with E-state index in [0.29, 0.717) is 0 Å². The molecule has 1 N–H and O–H groups in total. The highest BCUT2D eigenvalue weighted by molar-refractivity contribution is 7.17. The minimum absolute atomic E-state index is 0.135. The molecule has 0 aliphatic rings. The van der Waals surface area contributed by atoms with Crippen LogP contribution in [0.3, 0.4) is 0 Å². The van der Waals surface area contributed by atoms with Crippen molar-refractivity contribution in [2.45, 2.75) is 39.3 Å². The van der Waals surface area contributed by atoms with Crippen molar-refractivity contribution in [2.75, 3.05) is 13.2 Å². The third kappa shape index (κ3) is 3.75. The molecule has 0 saturated carbocycles. The van der Waals surface area contributed by atoms with E-state index in [1.54, 1.807) is 11.3 Å². The lowest BCUT2D eigenvalue weighted by Crippen LogP contribution is -2.38. The second-order valence-electron chi connectivity index (χ2n) is 5.37. The lowest BCUT2D eigenvalue weighted by molar-refractivity contribution is -0.0103. The van der Waals surface area contributed by atoms with Gasteiger partial charge in [-0.25, -0.2) is 0 Å². The predicted octanol–water partition coefficient (Wildman–Crippen LogP) is 3.76. The first-order valence-corrected chi connectivity index (χ1v) is 7.60. The van der Waals surface area contributed by atoms with Crippen LogP contribution in [-0.2, 0) is 4.74 Å². The van der Waals surface area contributed by atoms with Gasteiger partial charge < -0.3 is 10.1 Å². The second kappa shape index (κ2) is 5.99. The van der Waals surface area contributed by atoms with E-state index < -0.39 is 0 Å². The molecule has 0 radical (unpaired) electrons. The molecule has 2 heterocycles. The number of pyridine rings is 1. The molecular weight excluding hydrogens is 256 g/mol. The standard InChI is InChI=1S/C15H22N2OS/c1-5-18-15(3,4)10-17-11(2)12-8-14-13(16-9-12)6-7-19-14/h6-9,11,17H,5,10H2,1-4H3. The van der Waals surface area contributed by atoms with E-state index in [4.69, 9.17) is 4.74 Å². The summed E-state index contributed by atoms with van der Waals surface area (Å²) < 4.78 is 6.94. The van der Waals surface area contributed by atoms with E-state index in [0.717, 1.165) is 18.7 Å².